The lowest BCUT2D eigenvalue weighted by Crippen LogP contribution is -1.93. The van der Waals surface area contributed by atoms with Crippen molar-refractivity contribution < 1.29 is 8.98 Å². The Morgan fingerprint density at radius 1 is 1.58 bits per heavy atom. The van der Waals surface area contributed by atoms with E-state index in [9.17, 15) is 4.79 Å². The summed E-state index contributed by atoms with van der Waals surface area (Å²) in [5.41, 5.74) is 2.90. The lowest BCUT2D eigenvalue weighted by atomic mass is 10.3. The number of pyridine rings is 1. The van der Waals surface area contributed by atoms with E-state index in [0.717, 1.165) is 18.5 Å². The largest absolute Gasteiger partial charge is 0.306 e. The van der Waals surface area contributed by atoms with Gasteiger partial charge in [0.2, 0.25) is 0 Å². The van der Waals surface area contributed by atoms with Gasteiger partial charge in [-0.1, -0.05) is 11.6 Å². The van der Waals surface area contributed by atoms with Gasteiger partial charge in [0, 0.05) is 27.4 Å². The molecule has 0 aliphatic carbocycles. The molecule has 0 saturated carbocycles. The monoisotopic (exact) mass is 412 g/mol. The van der Waals surface area contributed by atoms with Crippen molar-refractivity contribution in [2.75, 3.05) is 6.61 Å². The molecule has 0 aromatic carbocycles. The number of aryl methyl sites for hydroxylation is 2. The molecule has 2 aromatic heterocycles. The molecule has 0 aliphatic heterocycles. The van der Waals surface area contributed by atoms with Crippen LogP contribution in [0, 0.1) is 13.8 Å². The quantitative estimate of drug-likeness (QED) is 0.425. The zero-order chi connectivity index (χ0) is 14.4. The van der Waals surface area contributed by atoms with E-state index in [4.69, 9.17) is 15.8 Å². The highest BCUT2D eigenvalue weighted by molar-refractivity contribution is 14.2. The fraction of sp³-hybridized carbons (Fsp3) is 0.333. The van der Waals surface area contributed by atoms with Gasteiger partial charge in [0.05, 0.1) is 26.5 Å². The van der Waals surface area contributed by atoms with Gasteiger partial charge >= 0.3 is 0 Å². The maximum atomic E-state index is 10.8. The zero-order valence-electron chi connectivity index (χ0n) is 10.8. The van der Waals surface area contributed by atoms with Gasteiger partial charge in [-0.25, -0.2) is 4.98 Å². The fourth-order valence-corrected chi connectivity index (χ4v) is 2.71. The van der Waals surface area contributed by atoms with Crippen LogP contribution in [-0.4, -0.2) is 22.3 Å². The molecule has 0 amide bonds. The lowest BCUT2D eigenvalue weighted by Gasteiger charge is -1.99. The van der Waals surface area contributed by atoms with Crippen molar-refractivity contribution in [3.05, 3.63) is 34.2 Å². The van der Waals surface area contributed by atoms with Crippen molar-refractivity contribution in [2.45, 2.75) is 20.8 Å². The number of hydrogen-bond donors (Lipinski definition) is 0. The maximum absolute atomic E-state index is 10.8. The molecular weight excluding hydrogens is 399 g/mol. The number of rotatable bonds is 3. The third kappa shape index (κ3) is 4.34. The SMILES string of the molecule is CCOSI.Cc1cc(Cl)c2nc(C)c(C=O)n2c1. The van der Waals surface area contributed by atoms with E-state index >= 15 is 0 Å². The summed E-state index contributed by atoms with van der Waals surface area (Å²) in [7, 11) is 1.37. The summed E-state index contributed by atoms with van der Waals surface area (Å²) in [5.74, 6) is 0. The Bertz CT molecular complexity index is 572. The van der Waals surface area contributed by atoms with Crippen molar-refractivity contribution in [3.8, 4) is 0 Å². The molecule has 2 aromatic rings. The minimum atomic E-state index is 0.561. The number of carbonyl (C=O) groups excluding carboxylic acids is 1. The van der Waals surface area contributed by atoms with Gasteiger partial charge < -0.3 is 4.18 Å². The van der Waals surface area contributed by atoms with Crippen LogP contribution in [0.15, 0.2) is 12.3 Å². The van der Waals surface area contributed by atoms with Crippen LogP contribution in [0.1, 0.15) is 28.7 Å². The third-order valence-corrected chi connectivity index (χ3v) is 3.67. The molecule has 0 N–H and O–H groups in total. The summed E-state index contributed by atoms with van der Waals surface area (Å²) in [6, 6.07) is 1.83. The molecule has 0 bridgehead atoms. The van der Waals surface area contributed by atoms with Crippen molar-refractivity contribution in [3.63, 3.8) is 0 Å². The molecule has 0 spiro atoms. The summed E-state index contributed by atoms with van der Waals surface area (Å²) in [4.78, 5) is 15.0. The van der Waals surface area contributed by atoms with Crippen LogP contribution in [-0.2, 0) is 4.18 Å². The average Bonchev–Trinajstić information content (AvgIpc) is 2.67. The first-order valence-electron chi connectivity index (χ1n) is 5.55. The molecule has 2 heterocycles. The number of nitrogens with zero attached hydrogens (tertiary/aromatic N) is 2. The number of aromatic nitrogens is 2. The van der Waals surface area contributed by atoms with Gasteiger partial charge in [-0.2, -0.15) is 0 Å². The lowest BCUT2D eigenvalue weighted by molar-refractivity contribution is 0.111. The Balaban J connectivity index is 0.000000312. The molecule has 0 radical (unpaired) electrons. The Hall–Kier alpha value is -0.310. The van der Waals surface area contributed by atoms with Crippen LogP contribution in [0.5, 0.6) is 0 Å². The first-order valence-corrected chi connectivity index (χ1v) is 9.21. The number of imidazole rings is 1. The molecule has 4 nitrogen and oxygen atoms in total. The van der Waals surface area contributed by atoms with E-state index in [1.165, 1.54) is 9.21 Å². The molecule has 0 saturated heterocycles. The van der Waals surface area contributed by atoms with Gasteiger partial charge in [0.25, 0.3) is 0 Å². The number of aldehydes is 1. The molecule has 19 heavy (non-hydrogen) atoms. The molecule has 104 valence electrons. The fourth-order valence-electron chi connectivity index (χ4n) is 1.55. The van der Waals surface area contributed by atoms with Gasteiger partial charge in [0.15, 0.2) is 11.9 Å². The Kier molecular flexibility index (Phi) is 7.12. The predicted molar refractivity (Wildman–Crippen MR) is 88.3 cm³/mol. The third-order valence-electron chi connectivity index (χ3n) is 2.31. The highest BCUT2D eigenvalue weighted by atomic mass is 127. The summed E-state index contributed by atoms with van der Waals surface area (Å²) in [6.07, 6.45) is 2.65. The number of halogens is 2. The van der Waals surface area contributed by atoms with Gasteiger partial charge in [-0.05, 0) is 32.4 Å². The Labute approximate surface area is 133 Å². The molecule has 0 atom stereocenters. The maximum Gasteiger partial charge on any atom is 0.168 e. The summed E-state index contributed by atoms with van der Waals surface area (Å²) < 4.78 is 6.46. The van der Waals surface area contributed by atoms with Crippen molar-refractivity contribution in [1.82, 2.24) is 9.38 Å². The topological polar surface area (TPSA) is 43.6 Å². The van der Waals surface area contributed by atoms with Crippen molar-refractivity contribution >= 4 is 54.0 Å². The highest BCUT2D eigenvalue weighted by Gasteiger charge is 2.10. The van der Waals surface area contributed by atoms with E-state index in [2.05, 4.69) is 26.2 Å². The normalized spacial score (nSPS) is 10.2. The summed E-state index contributed by atoms with van der Waals surface area (Å²) >= 11 is 8.09. The van der Waals surface area contributed by atoms with E-state index in [0.29, 0.717) is 22.1 Å². The van der Waals surface area contributed by atoms with Gasteiger partial charge in [-0.15, -0.1) is 0 Å². The molecule has 0 fully saturated rings. The first-order chi connectivity index (χ1) is 9.04. The van der Waals surface area contributed by atoms with Crippen LogP contribution in [0.25, 0.3) is 5.65 Å². The van der Waals surface area contributed by atoms with Gasteiger partial charge in [-0.3, -0.25) is 9.20 Å². The van der Waals surface area contributed by atoms with E-state index in [1.54, 1.807) is 11.3 Å². The summed E-state index contributed by atoms with van der Waals surface area (Å²) in [6.45, 7) is 6.48. The van der Waals surface area contributed by atoms with Crippen LogP contribution in [0.3, 0.4) is 0 Å². The minimum absolute atomic E-state index is 0.561. The second kappa shape index (κ2) is 8.08. The second-order valence-electron chi connectivity index (χ2n) is 3.73. The van der Waals surface area contributed by atoms with Crippen LogP contribution < -0.4 is 0 Å². The standard InChI is InChI=1S/C10H9ClN2O.C2H5IOS/c1-6-3-8(11)10-12-7(2)9(5-14)13(10)4-6;1-2-4-5-3/h3-5H,1-2H3;2H2,1H3. The van der Waals surface area contributed by atoms with Crippen LogP contribution in [0.2, 0.25) is 5.02 Å². The molecule has 7 heteroatoms. The van der Waals surface area contributed by atoms with E-state index in [1.807, 2.05) is 26.1 Å². The van der Waals surface area contributed by atoms with E-state index < -0.39 is 0 Å². The minimum Gasteiger partial charge on any atom is -0.306 e. The average molecular weight is 413 g/mol. The molecular formula is C12H14ClIN2O2S. The number of hydrogen-bond acceptors (Lipinski definition) is 4. The first kappa shape index (κ1) is 16.7. The van der Waals surface area contributed by atoms with Crippen molar-refractivity contribution in [2.24, 2.45) is 0 Å². The van der Waals surface area contributed by atoms with Gasteiger partial charge in [0.1, 0.15) is 5.69 Å². The zero-order valence-corrected chi connectivity index (χ0v) is 14.5. The number of carbonyl (C=O) groups is 1. The molecule has 2 rings (SSSR count). The summed E-state index contributed by atoms with van der Waals surface area (Å²) in [5, 5.41) is 0.571. The van der Waals surface area contributed by atoms with E-state index in [-0.39, 0.29) is 0 Å². The van der Waals surface area contributed by atoms with Crippen LogP contribution in [0.4, 0.5) is 0 Å². The molecule has 0 aliphatic rings. The highest BCUT2D eigenvalue weighted by Crippen LogP contribution is 2.20. The molecule has 0 unspecified atom stereocenters. The van der Waals surface area contributed by atoms with Crippen molar-refractivity contribution in [1.29, 1.82) is 0 Å². The second-order valence-corrected chi connectivity index (χ2v) is 5.58. The Morgan fingerprint density at radius 3 is 2.74 bits per heavy atom. The van der Waals surface area contributed by atoms with Crippen LogP contribution >= 0.6 is 42.0 Å². The smallest absolute Gasteiger partial charge is 0.168 e. The predicted octanol–water partition coefficient (Wildman–Crippen LogP) is 4.44. The number of fused-ring (bicyclic) bond motifs is 1. The Morgan fingerprint density at radius 2 is 2.26 bits per heavy atom.